The van der Waals surface area contributed by atoms with Gasteiger partial charge in [0.05, 0.1) is 11.4 Å². The molecule has 0 spiro atoms. The van der Waals surface area contributed by atoms with Crippen LogP contribution in [0.3, 0.4) is 0 Å². The number of carbonyl (C=O) groups is 1. The Bertz CT molecular complexity index is 383. The van der Waals surface area contributed by atoms with Crippen LogP contribution in [-0.2, 0) is 4.79 Å². The molecule has 1 aliphatic heterocycles. The van der Waals surface area contributed by atoms with Gasteiger partial charge in [-0.3, -0.25) is 4.79 Å². The number of likely N-dealkylation sites (tertiary alicyclic amines) is 1. The van der Waals surface area contributed by atoms with Gasteiger partial charge in [-0.05, 0) is 31.4 Å². The third-order valence-corrected chi connectivity index (χ3v) is 3.90. The fourth-order valence-electron chi connectivity index (χ4n) is 2.08. The van der Waals surface area contributed by atoms with Gasteiger partial charge in [0.1, 0.15) is 5.75 Å². The lowest BCUT2D eigenvalue weighted by molar-refractivity contribution is -0.132. The number of hydrogen-bond acceptors (Lipinski definition) is 2. The molecule has 98 valence electrons. The quantitative estimate of drug-likeness (QED) is 0.618. The number of benzene rings is 1. The molecule has 1 amide bonds. The summed E-state index contributed by atoms with van der Waals surface area (Å²) in [5.74, 6) is 1.11. The topological polar surface area (TPSA) is 29.5 Å². The Labute approximate surface area is 116 Å². The second-order valence-corrected chi connectivity index (χ2v) is 5.56. The van der Waals surface area contributed by atoms with Gasteiger partial charge in [0.15, 0.2) is 0 Å². The SMILES string of the molecule is O=C1C(Br)CCCN1CCCOc1ccccc1. The second kappa shape index (κ2) is 6.78. The highest BCUT2D eigenvalue weighted by atomic mass is 79.9. The zero-order chi connectivity index (χ0) is 12.8. The predicted octanol–water partition coefficient (Wildman–Crippen LogP) is 2.84. The summed E-state index contributed by atoms with van der Waals surface area (Å²) >= 11 is 3.42. The van der Waals surface area contributed by atoms with Crippen molar-refractivity contribution in [2.24, 2.45) is 0 Å². The predicted molar refractivity (Wildman–Crippen MR) is 75.1 cm³/mol. The summed E-state index contributed by atoms with van der Waals surface area (Å²) in [6.07, 6.45) is 2.91. The third-order valence-electron chi connectivity index (χ3n) is 3.05. The molecular formula is C14H18BrNO2. The van der Waals surface area contributed by atoms with Gasteiger partial charge in [0.25, 0.3) is 0 Å². The Balaban J connectivity index is 1.68. The summed E-state index contributed by atoms with van der Waals surface area (Å²) in [5, 5.41) is 0. The molecule has 1 saturated heterocycles. The highest BCUT2D eigenvalue weighted by Crippen LogP contribution is 2.18. The van der Waals surface area contributed by atoms with Gasteiger partial charge < -0.3 is 9.64 Å². The highest BCUT2D eigenvalue weighted by molar-refractivity contribution is 9.10. The van der Waals surface area contributed by atoms with Crippen molar-refractivity contribution in [1.82, 2.24) is 4.90 Å². The molecule has 0 saturated carbocycles. The molecule has 0 aromatic heterocycles. The van der Waals surface area contributed by atoms with E-state index < -0.39 is 0 Å². The number of rotatable bonds is 5. The van der Waals surface area contributed by atoms with E-state index in [1.165, 1.54) is 0 Å². The van der Waals surface area contributed by atoms with Gasteiger partial charge in [-0.25, -0.2) is 0 Å². The molecule has 1 fully saturated rings. The van der Waals surface area contributed by atoms with E-state index in [4.69, 9.17) is 4.74 Å². The molecule has 4 heteroatoms. The Hall–Kier alpha value is -1.03. The Kier molecular flexibility index (Phi) is 5.05. The van der Waals surface area contributed by atoms with E-state index in [1.54, 1.807) is 0 Å². The Morgan fingerprint density at radius 1 is 1.33 bits per heavy atom. The Morgan fingerprint density at radius 3 is 2.89 bits per heavy atom. The number of hydrogen-bond donors (Lipinski definition) is 0. The lowest BCUT2D eigenvalue weighted by Gasteiger charge is -2.29. The van der Waals surface area contributed by atoms with Crippen LogP contribution in [0.2, 0.25) is 0 Å². The largest absolute Gasteiger partial charge is 0.494 e. The summed E-state index contributed by atoms with van der Waals surface area (Å²) in [5.41, 5.74) is 0. The van der Waals surface area contributed by atoms with Crippen molar-refractivity contribution in [2.45, 2.75) is 24.1 Å². The molecule has 18 heavy (non-hydrogen) atoms. The lowest BCUT2D eigenvalue weighted by atomic mass is 10.1. The molecule has 1 aromatic rings. The van der Waals surface area contributed by atoms with E-state index in [9.17, 15) is 4.79 Å². The molecular weight excluding hydrogens is 294 g/mol. The van der Waals surface area contributed by atoms with E-state index in [-0.39, 0.29) is 10.7 Å². The van der Waals surface area contributed by atoms with Crippen molar-refractivity contribution in [3.63, 3.8) is 0 Å². The number of halogens is 1. The monoisotopic (exact) mass is 311 g/mol. The minimum atomic E-state index is 0.0151. The van der Waals surface area contributed by atoms with Crippen molar-refractivity contribution in [3.05, 3.63) is 30.3 Å². The van der Waals surface area contributed by atoms with Crippen molar-refractivity contribution < 1.29 is 9.53 Å². The normalized spacial score (nSPS) is 19.9. The summed E-state index contributed by atoms with van der Waals surface area (Å²) in [6, 6.07) is 9.77. The maximum Gasteiger partial charge on any atom is 0.236 e. The maximum atomic E-state index is 11.8. The first-order valence-electron chi connectivity index (χ1n) is 6.38. The summed E-state index contributed by atoms with van der Waals surface area (Å²) < 4.78 is 5.61. The van der Waals surface area contributed by atoms with Crippen LogP contribution in [0, 0.1) is 0 Å². The summed E-state index contributed by atoms with van der Waals surface area (Å²) in [6.45, 7) is 2.32. The van der Waals surface area contributed by atoms with Crippen LogP contribution in [0.5, 0.6) is 5.75 Å². The van der Waals surface area contributed by atoms with Crippen molar-refractivity contribution >= 4 is 21.8 Å². The number of nitrogens with zero attached hydrogens (tertiary/aromatic N) is 1. The number of ether oxygens (including phenoxy) is 1. The maximum absolute atomic E-state index is 11.8. The van der Waals surface area contributed by atoms with Gasteiger partial charge in [0, 0.05) is 13.1 Å². The molecule has 0 bridgehead atoms. The summed E-state index contributed by atoms with van der Waals surface area (Å²) in [7, 11) is 0. The van der Waals surface area contributed by atoms with Crippen LogP contribution >= 0.6 is 15.9 Å². The highest BCUT2D eigenvalue weighted by Gasteiger charge is 2.25. The van der Waals surface area contributed by atoms with E-state index in [2.05, 4.69) is 15.9 Å². The van der Waals surface area contributed by atoms with Crippen LogP contribution in [0.25, 0.3) is 0 Å². The number of alkyl halides is 1. The van der Waals surface area contributed by atoms with Crippen LogP contribution in [-0.4, -0.2) is 35.3 Å². The van der Waals surface area contributed by atoms with Gasteiger partial charge in [0.2, 0.25) is 5.91 Å². The second-order valence-electron chi connectivity index (χ2n) is 4.45. The molecule has 1 unspecified atom stereocenters. The molecule has 0 N–H and O–H groups in total. The van der Waals surface area contributed by atoms with E-state index in [0.29, 0.717) is 6.61 Å². The number of carbonyl (C=O) groups excluding carboxylic acids is 1. The third kappa shape index (κ3) is 3.73. The number of piperidine rings is 1. The van der Waals surface area contributed by atoms with E-state index in [0.717, 1.165) is 38.1 Å². The minimum absolute atomic E-state index is 0.0151. The zero-order valence-corrected chi connectivity index (χ0v) is 11.9. The van der Waals surface area contributed by atoms with Crippen LogP contribution in [0.4, 0.5) is 0 Å². The van der Waals surface area contributed by atoms with Gasteiger partial charge in [-0.15, -0.1) is 0 Å². The fraction of sp³-hybridized carbons (Fsp3) is 0.500. The molecule has 1 heterocycles. The smallest absolute Gasteiger partial charge is 0.236 e. The van der Waals surface area contributed by atoms with Crippen molar-refractivity contribution in [1.29, 1.82) is 0 Å². The van der Waals surface area contributed by atoms with Crippen molar-refractivity contribution in [3.8, 4) is 5.75 Å². The first kappa shape index (κ1) is 13.4. The average Bonchev–Trinajstić information content (AvgIpc) is 2.40. The minimum Gasteiger partial charge on any atom is -0.494 e. The van der Waals surface area contributed by atoms with Crippen LogP contribution in [0.15, 0.2) is 30.3 Å². The molecule has 3 nitrogen and oxygen atoms in total. The standard InChI is InChI=1S/C14H18BrNO2/c15-13-8-4-9-16(14(13)17)10-5-11-18-12-6-2-1-3-7-12/h1-3,6-7,13H,4-5,8-11H2. The first-order chi connectivity index (χ1) is 8.77. The molecule has 1 aliphatic rings. The Morgan fingerprint density at radius 2 is 2.11 bits per heavy atom. The lowest BCUT2D eigenvalue weighted by Crippen LogP contribution is -2.42. The molecule has 1 aromatic carbocycles. The molecule has 0 aliphatic carbocycles. The first-order valence-corrected chi connectivity index (χ1v) is 7.29. The van der Waals surface area contributed by atoms with E-state index in [1.807, 2.05) is 35.2 Å². The number of amides is 1. The molecule has 2 rings (SSSR count). The molecule has 1 atom stereocenters. The van der Waals surface area contributed by atoms with E-state index >= 15 is 0 Å². The van der Waals surface area contributed by atoms with Crippen LogP contribution < -0.4 is 4.74 Å². The van der Waals surface area contributed by atoms with Gasteiger partial charge in [-0.2, -0.15) is 0 Å². The molecule has 0 radical (unpaired) electrons. The number of para-hydroxylation sites is 1. The zero-order valence-electron chi connectivity index (χ0n) is 10.3. The van der Waals surface area contributed by atoms with Gasteiger partial charge >= 0.3 is 0 Å². The summed E-state index contributed by atoms with van der Waals surface area (Å²) in [4.78, 5) is 13.8. The average molecular weight is 312 g/mol. The van der Waals surface area contributed by atoms with Crippen LogP contribution in [0.1, 0.15) is 19.3 Å². The fourth-order valence-corrected chi connectivity index (χ4v) is 2.69. The van der Waals surface area contributed by atoms with Crippen molar-refractivity contribution in [2.75, 3.05) is 19.7 Å². The van der Waals surface area contributed by atoms with Gasteiger partial charge in [-0.1, -0.05) is 34.1 Å².